The van der Waals surface area contributed by atoms with E-state index in [-0.39, 0.29) is 5.91 Å². The van der Waals surface area contributed by atoms with Crippen molar-refractivity contribution in [1.82, 2.24) is 14.9 Å². The van der Waals surface area contributed by atoms with Crippen LogP contribution in [0.1, 0.15) is 23.2 Å². The molecule has 1 fully saturated rings. The summed E-state index contributed by atoms with van der Waals surface area (Å²) in [5.41, 5.74) is 1.11. The molecule has 5 nitrogen and oxygen atoms in total. The van der Waals surface area contributed by atoms with Crippen LogP contribution in [0.15, 0.2) is 30.6 Å². The number of aromatic nitrogens is 2. The number of anilines is 2. The van der Waals surface area contributed by atoms with Crippen LogP contribution < -0.4 is 5.32 Å². The molecule has 0 unspecified atom stereocenters. The summed E-state index contributed by atoms with van der Waals surface area (Å²) in [6, 6.07) is 5.09. The average molecular weight is 337 g/mol. The van der Waals surface area contributed by atoms with Crippen LogP contribution in [0.5, 0.6) is 0 Å². The van der Waals surface area contributed by atoms with Crippen molar-refractivity contribution in [1.29, 1.82) is 0 Å². The number of likely N-dealkylation sites (tertiary alicyclic amines) is 1. The predicted octanol–water partition coefficient (Wildman–Crippen LogP) is 3.76. The average Bonchev–Trinajstić information content (AvgIpc) is 3.05. The molecule has 1 aliphatic heterocycles. The van der Waals surface area contributed by atoms with E-state index >= 15 is 0 Å². The Hall–Kier alpha value is -1.85. The smallest absolute Gasteiger partial charge is 0.256 e. The normalized spacial score (nSPS) is 14.2. The number of carbonyl (C=O) groups excluding carboxylic acids is 1. The maximum Gasteiger partial charge on any atom is 0.256 e. The molecule has 1 amide bonds. The quantitative estimate of drug-likeness (QED) is 0.926. The van der Waals surface area contributed by atoms with Crippen molar-refractivity contribution in [3.63, 3.8) is 0 Å². The van der Waals surface area contributed by atoms with Gasteiger partial charge in [-0.3, -0.25) is 4.79 Å². The summed E-state index contributed by atoms with van der Waals surface area (Å²) >= 11 is 12.0. The highest BCUT2D eigenvalue weighted by atomic mass is 35.5. The minimum Gasteiger partial charge on any atom is -0.339 e. The zero-order chi connectivity index (χ0) is 15.5. The third-order valence-electron chi connectivity index (χ3n) is 3.47. The molecular weight excluding hydrogens is 323 g/mol. The lowest BCUT2D eigenvalue weighted by Gasteiger charge is -2.14. The largest absolute Gasteiger partial charge is 0.339 e. The van der Waals surface area contributed by atoms with Gasteiger partial charge in [0.2, 0.25) is 5.95 Å². The molecule has 0 bridgehead atoms. The van der Waals surface area contributed by atoms with Gasteiger partial charge in [0.15, 0.2) is 0 Å². The number of nitrogens with one attached hydrogen (secondary N) is 1. The van der Waals surface area contributed by atoms with Gasteiger partial charge in [0.1, 0.15) is 0 Å². The van der Waals surface area contributed by atoms with Crippen LogP contribution in [0.25, 0.3) is 0 Å². The second-order valence-corrected chi connectivity index (χ2v) is 5.89. The van der Waals surface area contributed by atoms with Crippen LogP contribution in [0.3, 0.4) is 0 Å². The molecule has 114 valence electrons. The Morgan fingerprint density at radius 1 is 1.14 bits per heavy atom. The fourth-order valence-electron chi connectivity index (χ4n) is 2.32. The molecule has 0 saturated carbocycles. The van der Waals surface area contributed by atoms with Gasteiger partial charge in [-0.15, -0.1) is 0 Å². The molecule has 2 heterocycles. The molecule has 1 aromatic carbocycles. The Labute approximate surface area is 138 Å². The highest BCUT2D eigenvalue weighted by Gasteiger charge is 2.20. The fourth-order valence-corrected chi connectivity index (χ4v) is 2.66. The topological polar surface area (TPSA) is 58.1 Å². The number of benzene rings is 1. The van der Waals surface area contributed by atoms with Crippen molar-refractivity contribution in [2.75, 3.05) is 18.4 Å². The summed E-state index contributed by atoms with van der Waals surface area (Å²) in [5.74, 6) is 0.340. The molecule has 22 heavy (non-hydrogen) atoms. The van der Waals surface area contributed by atoms with Crippen molar-refractivity contribution in [3.8, 4) is 0 Å². The molecule has 3 rings (SSSR count). The Morgan fingerprint density at radius 3 is 2.50 bits per heavy atom. The lowest BCUT2D eigenvalue weighted by atomic mass is 10.3. The van der Waals surface area contributed by atoms with Crippen molar-refractivity contribution in [2.24, 2.45) is 0 Å². The Kier molecular flexibility index (Phi) is 4.45. The number of rotatable bonds is 3. The van der Waals surface area contributed by atoms with Crippen LogP contribution in [-0.4, -0.2) is 33.9 Å². The SMILES string of the molecule is O=C(c1cnc(Nc2cc(Cl)ccc2Cl)nc1)N1CCCC1. The monoisotopic (exact) mass is 336 g/mol. The molecule has 2 aromatic rings. The van der Waals surface area contributed by atoms with E-state index in [1.165, 1.54) is 12.4 Å². The van der Waals surface area contributed by atoms with E-state index in [1.807, 2.05) is 4.90 Å². The van der Waals surface area contributed by atoms with Crippen molar-refractivity contribution >= 4 is 40.7 Å². The summed E-state index contributed by atoms with van der Waals surface area (Å²) < 4.78 is 0. The summed E-state index contributed by atoms with van der Waals surface area (Å²) in [7, 11) is 0. The molecule has 7 heteroatoms. The first-order valence-corrected chi connectivity index (χ1v) is 7.72. The van der Waals surface area contributed by atoms with Crippen molar-refractivity contribution < 1.29 is 4.79 Å². The van der Waals surface area contributed by atoms with Crippen LogP contribution in [-0.2, 0) is 0 Å². The van der Waals surface area contributed by atoms with Gasteiger partial charge in [0, 0.05) is 30.5 Å². The van der Waals surface area contributed by atoms with E-state index in [2.05, 4.69) is 15.3 Å². The van der Waals surface area contributed by atoms with Gasteiger partial charge in [-0.05, 0) is 31.0 Å². The maximum absolute atomic E-state index is 12.2. The van der Waals surface area contributed by atoms with E-state index in [0.29, 0.717) is 27.2 Å². The van der Waals surface area contributed by atoms with Crippen LogP contribution in [0.2, 0.25) is 10.0 Å². The van der Waals surface area contributed by atoms with E-state index in [0.717, 1.165) is 25.9 Å². The Balaban J connectivity index is 1.74. The second-order valence-electron chi connectivity index (χ2n) is 5.04. The minimum atomic E-state index is -0.0233. The summed E-state index contributed by atoms with van der Waals surface area (Å²) in [6.45, 7) is 1.61. The van der Waals surface area contributed by atoms with Crippen LogP contribution in [0.4, 0.5) is 11.6 Å². The molecule has 0 spiro atoms. The second kappa shape index (κ2) is 6.50. The molecule has 0 radical (unpaired) electrons. The summed E-state index contributed by atoms with van der Waals surface area (Å²) in [6.07, 6.45) is 5.15. The van der Waals surface area contributed by atoms with Gasteiger partial charge in [0.25, 0.3) is 5.91 Å². The van der Waals surface area contributed by atoms with Gasteiger partial charge in [0.05, 0.1) is 16.3 Å². The summed E-state index contributed by atoms with van der Waals surface area (Å²) in [4.78, 5) is 22.4. The molecule has 1 aliphatic rings. The first kappa shape index (κ1) is 15.1. The molecule has 1 aromatic heterocycles. The highest BCUT2D eigenvalue weighted by molar-refractivity contribution is 6.35. The van der Waals surface area contributed by atoms with Crippen LogP contribution >= 0.6 is 23.2 Å². The lowest BCUT2D eigenvalue weighted by molar-refractivity contribution is 0.0792. The van der Waals surface area contributed by atoms with Crippen molar-refractivity contribution in [2.45, 2.75) is 12.8 Å². The third kappa shape index (κ3) is 3.31. The fraction of sp³-hybridized carbons (Fsp3) is 0.267. The third-order valence-corrected chi connectivity index (χ3v) is 4.03. The van der Waals surface area contributed by atoms with Gasteiger partial charge in [-0.25, -0.2) is 9.97 Å². The highest BCUT2D eigenvalue weighted by Crippen LogP contribution is 2.27. The molecule has 1 N–H and O–H groups in total. The molecule has 0 atom stereocenters. The number of hydrogen-bond acceptors (Lipinski definition) is 4. The van der Waals surface area contributed by atoms with Gasteiger partial charge in [-0.1, -0.05) is 23.2 Å². The number of nitrogens with zero attached hydrogens (tertiary/aromatic N) is 3. The lowest BCUT2D eigenvalue weighted by Crippen LogP contribution is -2.27. The molecule has 0 aliphatic carbocycles. The van der Waals surface area contributed by atoms with Gasteiger partial charge >= 0.3 is 0 Å². The van der Waals surface area contributed by atoms with Crippen LogP contribution in [0, 0.1) is 0 Å². The Bertz CT molecular complexity index is 684. The first-order chi connectivity index (χ1) is 10.6. The number of halogens is 2. The van der Waals surface area contributed by atoms with E-state index in [1.54, 1.807) is 18.2 Å². The first-order valence-electron chi connectivity index (χ1n) is 6.97. The number of hydrogen-bond donors (Lipinski definition) is 1. The van der Waals surface area contributed by atoms with Gasteiger partial charge < -0.3 is 10.2 Å². The Morgan fingerprint density at radius 2 is 1.82 bits per heavy atom. The minimum absolute atomic E-state index is 0.0233. The predicted molar refractivity (Wildman–Crippen MR) is 86.9 cm³/mol. The van der Waals surface area contributed by atoms with E-state index < -0.39 is 0 Å². The number of amides is 1. The van der Waals surface area contributed by atoms with E-state index in [9.17, 15) is 4.79 Å². The molecular formula is C15H14Cl2N4O. The number of carbonyl (C=O) groups is 1. The zero-order valence-electron chi connectivity index (χ0n) is 11.7. The zero-order valence-corrected chi connectivity index (χ0v) is 13.2. The maximum atomic E-state index is 12.2. The van der Waals surface area contributed by atoms with Crippen molar-refractivity contribution in [3.05, 3.63) is 46.2 Å². The molecule has 1 saturated heterocycles. The van der Waals surface area contributed by atoms with E-state index in [4.69, 9.17) is 23.2 Å². The summed E-state index contributed by atoms with van der Waals surface area (Å²) in [5, 5.41) is 4.07. The van der Waals surface area contributed by atoms with Gasteiger partial charge in [-0.2, -0.15) is 0 Å². The standard InChI is InChI=1S/C15H14Cl2N4O/c16-11-3-4-12(17)13(7-11)20-15-18-8-10(9-19-15)14(22)21-5-1-2-6-21/h3-4,7-9H,1-2,5-6H2,(H,18,19,20).